The first-order valence-electron chi connectivity index (χ1n) is 9.78. The van der Waals surface area contributed by atoms with Gasteiger partial charge in [-0.2, -0.15) is 18.3 Å². The van der Waals surface area contributed by atoms with Crippen LogP contribution < -0.4 is 10.6 Å². The number of anilines is 1. The summed E-state index contributed by atoms with van der Waals surface area (Å²) in [6.07, 6.45) is -1.13. The van der Waals surface area contributed by atoms with E-state index in [9.17, 15) is 22.8 Å². The Kier molecular flexibility index (Phi) is 7.04. The first-order valence-corrected chi connectivity index (χ1v) is 11.0. The first kappa shape index (κ1) is 24.3. The van der Waals surface area contributed by atoms with E-state index in [0.717, 1.165) is 48.5 Å². The molecule has 1 aromatic carbocycles. The molecule has 2 N–H and O–H groups in total. The number of nitrogens with one attached hydrogen (secondary N) is 2. The number of benzene rings is 1. The number of amides is 2. The van der Waals surface area contributed by atoms with Crippen LogP contribution in [0.1, 0.15) is 45.6 Å². The van der Waals surface area contributed by atoms with Gasteiger partial charge >= 0.3 is 6.18 Å². The molecule has 1 heterocycles. The Morgan fingerprint density at radius 3 is 2.69 bits per heavy atom. The van der Waals surface area contributed by atoms with Gasteiger partial charge in [0, 0.05) is 6.42 Å². The number of amidine groups is 1. The molecule has 1 atom stereocenters. The molecule has 0 radical (unpaired) electrons. The van der Waals surface area contributed by atoms with Crippen molar-refractivity contribution < 1.29 is 22.8 Å². The van der Waals surface area contributed by atoms with Gasteiger partial charge in [0.1, 0.15) is 5.25 Å². The van der Waals surface area contributed by atoms with Gasteiger partial charge in [-0.3, -0.25) is 9.59 Å². The van der Waals surface area contributed by atoms with Crippen molar-refractivity contribution in [3.8, 4) is 0 Å². The van der Waals surface area contributed by atoms with Crippen LogP contribution in [0.4, 0.5) is 18.9 Å². The Morgan fingerprint density at radius 1 is 1.31 bits per heavy atom. The zero-order chi connectivity index (χ0) is 23.7. The molecule has 1 aliphatic carbocycles. The largest absolute Gasteiger partial charge is 0.416 e. The van der Waals surface area contributed by atoms with Crippen molar-refractivity contribution in [1.82, 2.24) is 5.32 Å². The van der Waals surface area contributed by atoms with E-state index in [-0.39, 0.29) is 27.7 Å². The number of carbonyl (C=O) groups excluding carboxylic acids is 2. The Labute approximate surface area is 192 Å². The molecule has 6 nitrogen and oxygen atoms in total. The van der Waals surface area contributed by atoms with Gasteiger partial charge in [-0.05, 0) is 49.5 Å². The molecule has 0 bridgehead atoms. The fraction of sp³-hybridized carbons (Fsp3) is 0.429. The van der Waals surface area contributed by atoms with E-state index < -0.39 is 28.8 Å². The molecule has 2 aliphatic rings. The SMILES string of the molecule is CC1=C/C(=N/N=C2\NC(=O)[C@@H](CC(=O)Nc3cc(C(F)(F)F)ccc3Cl)S2)CC(C)(C)C1. The lowest BCUT2D eigenvalue weighted by molar-refractivity contribution is -0.137. The number of hydrogen-bond acceptors (Lipinski definition) is 5. The fourth-order valence-corrected chi connectivity index (χ4v) is 4.70. The second-order valence-electron chi connectivity index (χ2n) is 8.55. The number of thioether (sulfide) groups is 1. The van der Waals surface area contributed by atoms with E-state index in [1.165, 1.54) is 5.57 Å². The molecule has 2 amide bonds. The molecule has 1 aromatic rings. The van der Waals surface area contributed by atoms with Crippen molar-refractivity contribution in [2.24, 2.45) is 15.6 Å². The first-order chi connectivity index (χ1) is 14.8. The van der Waals surface area contributed by atoms with Crippen LogP contribution >= 0.6 is 23.4 Å². The monoisotopic (exact) mass is 486 g/mol. The highest BCUT2D eigenvalue weighted by Crippen LogP contribution is 2.35. The Balaban J connectivity index is 1.64. The third-order valence-corrected chi connectivity index (χ3v) is 6.22. The molecule has 11 heteroatoms. The minimum atomic E-state index is -4.57. The molecule has 1 fully saturated rings. The number of halogens is 4. The smallest absolute Gasteiger partial charge is 0.325 e. The molecule has 0 unspecified atom stereocenters. The van der Waals surface area contributed by atoms with Crippen molar-refractivity contribution >= 4 is 51.7 Å². The van der Waals surface area contributed by atoms with Crippen molar-refractivity contribution in [1.29, 1.82) is 0 Å². The Bertz CT molecular complexity index is 1030. The van der Waals surface area contributed by atoms with Crippen LogP contribution in [-0.2, 0) is 15.8 Å². The number of nitrogens with zero attached hydrogens (tertiary/aromatic N) is 2. The van der Waals surface area contributed by atoms with Gasteiger partial charge in [0.15, 0.2) is 5.17 Å². The summed E-state index contributed by atoms with van der Waals surface area (Å²) in [5.41, 5.74) is 0.980. The van der Waals surface area contributed by atoms with Crippen LogP contribution in [0.2, 0.25) is 5.02 Å². The summed E-state index contributed by atoms with van der Waals surface area (Å²) in [6.45, 7) is 6.31. The molecule has 32 heavy (non-hydrogen) atoms. The van der Waals surface area contributed by atoms with Gasteiger partial charge in [0.05, 0.1) is 22.0 Å². The highest BCUT2D eigenvalue weighted by atomic mass is 35.5. The second-order valence-corrected chi connectivity index (χ2v) is 10.1. The van der Waals surface area contributed by atoms with E-state index >= 15 is 0 Å². The molecule has 3 rings (SSSR count). The third-order valence-electron chi connectivity index (χ3n) is 4.81. The predicted molar refractivity (Wildman–Crippen MR) is 121 cm³/mol. The summed E-state index contributed by atoms with van der Waals surface area (Å²) in [6, 6.07) is 2.64. The number of alkyl halides is 3. The van der Waals surface area contributed by atoms with Crippen LogP contribution in [0.25, 0.3) is 0 Å². The molecule has 0 spiro atoms. The lowest BCUT2D eigenvalue weighted by atomic mass is 9.77. The van der Waals surface area contributed by atoms with Crippen molar-refractivity contribution in [3.63, 3.8) is 0 Å². The minimum Gasteiger partial charge on any atom is -0.325 e. The van der Waals surface area contributed by atoms with Crippen molar-refractivity contribution in [3.05, 3.63) is 40.4 Å². The summed E-state index contributed by atoms with van der Waals surface area (Å²) < 4.78 is 38.7. The van der Waals surface area contributed by atoms with E-state index in [4.69, 9.17) is 11.6 Å². The van der Waals surface area contributed by atoms with Gasteiger partial charge in [0.2, 0.25) is 11.8 Å². The quantitative estimate of drug-likeness (QED) is 0.559. The van der Waals surface area contributed by atoms with Gasteiger partial charge in [-0.15, -0.1) is 5.10 Å². The maximum Gasteiger partial charge on any atom is 0.416 e. The lowest BCUT2D eigenvalue weighted by Gasteiger charge is -2.28. The maximum absolute atomic E-state index is 12.9. The van der Waals surface area contributed by atoms with Crippen LogP contribution in [0, 0.1) is 5.41 Å². The molecule has 172 valence electrons. The molecular weight excluding hydrogens is 465 g/mol. The van der Waals surface area contributed by atoms with Crippen LogP contribution in [-0.4, -0.2) is 27.9 Å². The van der Waals surface area contributed by atoms with Crippen LogP contribution in [0.5, 0.6) is 0 Å². The summed E-state index contributed by atoms with van der Waals surface area (Å²) in [4.78, 5) is 24.5. The predicted octanol–water partition coefficient (Wildman–Crippen LogP) is 5.40. The normalized spacial score (nSPS) is 23.3. The highest BCUT2D eigenvalue weighted by molar-refractivity contribution is 8.15. The van der Waals surface area contributed by atoms with Crippen LogP contribution in [0.15, 0.2) is 40.1 Å². The van der Waals surface area contributed by atoms with E-state index in [1.54, 1.807) is 0 Å². The Hall–Kier alpha value is -2.33. The Morgan fingerprint density at radius 2 is 2.03 bits per heavy atom. The zero-order valence-corrected chi connectivity index (χ0v) is 19.2. The van der Waals surface area contributed by atoms with Crippen molar-refractivity contribution in [2.45, 2.75) is 51.5 Å². The van der Waals surface area contributed by atoms with Gasteiger partial charge < -0.3 is 10.6 Å². The average molecular weight is 487 g/mol. The fourth-order valence-electron chi connectivity index (χ4n) is 3.62. The summed E-state index contributed by atoms with van der Waals surface area (Å²) in [5.74, 6) is -1.06. The third kappa shape index (κ3) is 6.35. The van der Waals surface area contributed by atoms with Crippen LogP contribution in [0.3, 0.4) is 0 Å². The zero-order valence-electron chi connectivity index (χ0n) is 17.6. The average Bonchev–Trinajstić information content (AvgIpc) is 2.98. The van der Waals surface area contributed by atoms with E-state index in [0.29, 0.717) is 0 Å². The molecule has 1 aliphatic heterocycles. The number of carbonyl (C=O) groups is 2. The number of hydrogen-bond donors (Lipinski definition) is 2. The summed E-state index contributed by atoms with van der Waals surface area (Å²) in [5, 5.41) is 12.7. The number of allylic oxidation sites excluding steroid dienone is 2. The van der Waals surface area contributed by atoms with Crippen molar-refractivity contribution in [2.75, 3.05) is 5.32 Å². The topological polar surface area (TPSA) is 82.9 Å². The lowest BCUT2D eigenvalue weighted by Crippen LogP contribution is -2.28. The van der Waals surface area contributed by atoms with Gasteiger partial charge in [-0.25, -0.2) is 0 Å². The minimum absolute atomic E-state index is 0.0355. The van der Waals surface area contributed by atoms with Gasteiger partial charge in [-0.1, -0.05) is 42.8 Å². The maximum atomic E-state index is 12.9. The van der Waals surface area contributed by atoms with E-state index in [1.807, 2.05) is 13.0 Å². The second kappa shape index (κ2) is 9.27. The molecule has 0 saturated carbocycles. The highest BCUT2D eigenvalue weighted by Gasteiger charge is 2.34. The molecule has 1 saturated heterocycles. The number of rotatable bonds is 4. The standard InChI is InChI=1S/C21H22ClF3N4O2S/c1-11-6-13(10-20(2,3)9-11)28-29-19-27-18(31)16(32-19)8-17(30)26-15-7-12(21(23,24)25)4-5-14(15)22/h4-7,16H,8-10H2,1-3H3,(H,26,30)(H,27,29,31)/b28-13-/t16-/m1/s1. The molecular formula is C21H22ClF3N4O2S. The van der Waals surface area contributed by atoms with E-state index in [2.05, 4.69) is 34.7 Å². The summed E-state index contributed by atoms with van der Waals surface area (Å²) in [7, 11) is 0. The van der Waals surface area contributed by atoms with Gasteiger partial charge in [0.25, 0.3) is 0 Å². The molecule has 0 aromatic heterocycles. The summed E-state index contributed by atoms with van der Waals surface area (Å²) >= 11 is 6.95.